The molecule has 0 spiro atoms. The third-order valence-electron chi connectivity index (χ3n) is 4.67. The molecule has 1 unspecified atom stereocenters. The van der Waals surface area contributed by atoms with Crippen LogP contribution in [0.15, 0.2) is 18.5 Å². The van der Waals surface area contributed by atoms with Gasteiger partial charge in [-0.3, -0.25) is 4.79 Å². The van der Waals surface area contributed by atoms with E-state index in [0.717, 1.165) is 16.3 Å². The second-order valence-electron chi connectivity index (χ2n) is 6.64. The number of fused-ring (bicyclic) bond motifs is 3. The van der Waals surface area contributed by atoms with Gasteiger partial charge in [-0.2, -0.15) is 13.2 Å². The van der Waals surface area contributed by atoms with Crippen LogP contribution < -0.4 is 10.2 Å². The standard InChI is InChI=1S/C17H17F3N6O/c1-9-24-12-6-22-14-11(2-4-21-14)13(12)15(25-9)26-5-3-10(7-26)16(27)23-8-17(18,19)20/h2,4,6,10H,3,5,7-8H2,1H3,(H,23,27)(H,24,25). The predicted molar refractivity (Wildman–Crippen MR) is 93.3 cm³/mol. The van der Waals surface area contributed by atoms with Crippen LogP contribution in [0.3, 0.4) is 0 Å². The first-order valence-corrected chi connectivity index (χ1v) is 8.51. The summed E-state index contributed by atoms with van der Waals surface area (Å²) < 4.78 is 37.0. The van der Waals surface area contributed by atoms with Crippen molar-refractivity contribution >= 4 is 33.7 Å². The fourth-order valence-electron chi connectivity index (χ4n) is 3.46. The van der Waals surface area contributed by atoms with Gasteiger partial charge in [-0.15, -0.1) is 0 Å². The molecule has 1 saturated heterocycles. The Hall–Kier alpha value is -2.91. The van der Waals surface area contributed by atoms with Gasteiger partial charge in [0.15, 0.2) is 5.65 Å². The summed E-state index contributed by atoms with van der Waals surface area (Å²) in [6, 6.07) is 1.85. The topological polar surface area (TPSA) is 86.8 Å². The molecule has 7 nitrogen and oxygen atoms in total. The third kappa shape index (κ3) is 3.38. The SMILES string of the molecule is Cc1nc(N2CCC(C(=O)NCC(F)(F)F)C2)c2c(cnc3nccc32)[nH]1. The quantitative estimate of drug-likeness (QED) is 0.731. The maximum Gasteiger partial charge on any atom is 0.405 e. The molecule has 0 saturated carbocycles. The van der Waals surface area contributed by atoms with E-state index in [4.69, 9.17) is 0 Å². The molecular formula is C17H17F3N6O. The van der Waals surface area contributed by atoms with E-state index in [2.05, 4.69) is 19.9 Å². The predicted octanol–water partition coefficient (Wildman–Crippen LogP) is 2.32. The van der Waals surface area contributed by atoms with Crippen LogP contribution in [0.25, 0.3) is 21.9 Å². The zero-order valence-electron chi connectivity index (χ0n) is 14.5. The Morgan fingerprint density at radius 2 is 2.22 bits per heavy atom. The van der Waals surface area contributed by atoms with Crippen molar-refractivity contribution in [3.63, 3.8) is 0 Å². The molecular weight excluding hydrogens is 361 g/mol. The van der Waals surface area contributed by atoms with Crippen molar-refractivity contribution in [2.24, 2.45) is 5.92 Å². The Kier molecular flexibility index (Phi) is 4.12. The molecule has 1 aliphatic heterocycles. The molecule has 1 aliphatic rings. The minimum absolute atomic E-state index is 0.313. The van der Waals surface area contributed by atoms with Crippen LogP contribution in [-0.2, 0) is 4.79 Å². The summed E-state index contributed by atoms with van der Waals surface area (Å²) in [5.41, 5.74) is 1.39. The fraction of sp³-hybridized carbons (Fsp3) is 0.412. The first-order valence-electron chi connectivity index (χ1n) is 8.51. The van der Waals surface area contributed by atoms with Crippen LogP contribution in [0.1, 0.15) is 12.2 Å². The summed E-state index contributed by atoms with van der Waals surface area (Å²) >= 11 is 0. The lowest BCUT2D eigenvalue weighted by Gasteiger charge is -2.20. The van der Waals surface area contributed by atoms with Crippen LogP contribution in [-0.4, -0.2) is 51.7 Å². The summed E-state index contributed by atoms with van der Waals surface area (Å²) in [6.45, 7) is 1.36. The molecule has 27 heavy (non-hydrogen) atoms. The number of alkyl halides is 3. The molecule has 142 valence electrons. The van der Waals surface area contributed by atoms with Crippen LogP contribution in [0.4, 0.5) is 19.0 Å². The van der Waals surface area contributed by atoms with Gasteiger partial charge in [0.1, 0.15) is 18.2 Å². The van der Waals surface area contributed by atoms with E-state index >= 15 is 0 Å². The highest BCUT2D eigenvalue weighted by Crippen LogP contribution is 2.33. The van der Waals surface area contributed by atoms with Crippen molar-refractivity contribution in [1.29, 1.82) is 0 Å². The van der Waals surface area contributed by atoms with Gasteiger partial charge in [-0.25, -0.2) is 15.0 Å². The maximum absolute atomic E-state index is 12.3. The van der Waals surface area contributed by atoms with Gasteiger partial charge in [-0.05, 0) is 19.4 Å². The zero-order chi connectivity index (χ0) is 19.2. The van der Waals surface area contributed by atoms with Crippen molar-refractivity contribution in [2.75, 3.05) is 24.5 Å². The van der Waals surface area contributed by atoms with Gasteiger partial charge in [0, 0.05) is 24.7 Å². The van der Waals surface area contributed by atoms with Crippen LogP contribution in [0.5, 0.6) is 0 Å². The van der Waals surface area contributed by atoms with E-state index in [9.17, 15) is 18.0 Å². The Balaban J connectivity index is 1.63. The Morgan fingerprint density at radius 1 is 1.41 bits per heavy atom. The van der Waals surface area contributed by atoms with Crippen molar-refractivity contribution < 1.29 is 18.0 Å². The molecule has 1 atom stereocenters. The lowest BCUT2D eigenvalue weighted by molar-refractivity contribution is -0.140. The number of aromatic nitrogens is 4. The minimum atomic E-state index is -4.42. The number of aromatic amines is 1. The third-order valence-corrected chi connectivity index (χ3v) is 4.67. The highest BCUT2D eigenvalue weighted by Gasteiger charge is 2.33. The molecule has 3 aromatic rings. The smallest absolute Gasteiger partial charge is 0.355 e. The number of anilines is 1. The van der Waals surface area contributed by atoms with E-state index in [-0.39, 0.29) is 0 Å². The summed E-state index contributed by atoms with van der Waals surface area (Å²) in [4.78, 5) is 30.3. The Bertz CT molecular complexity index is 1010. The number of halogens is 3. The molecule has 0 aliphatic carbocycles. The van der Waals surface area contributed by atoms with Gasteiger partial charge in [0.2, 0.25) is 5.91 Å². The molecule has 4 rings (SSSR count). The molecule has 3 aromatic heterocycles. The number of carbonyl (C=O) groups excluding carboxylic acids is 1. The zero-order valence-corrected chi connectivity index (χ0v) is 14.5. The molecule has 1 fully saturated rings. The molecule has 4 heterocycles. The van der Waals surface area contributed by atoms with Gasteiger partial charge in [-0.1, -0.05) is 0 Å². The number of nitrogens with one attached hydrogen (secondary N) is 2. The first-order chi connectivity index (χ1) is 12.8. The Morgan fingerprint density at radius 3 is 3.00 bits per heavy atom. The van der Waals surface area contributed by atoms with E-state index in [0.29, 0.717) is 36.8 Å². The summed E-state index contributed by atoms with van der Waals surface area (Å²) in [7, 11) is 0. The summed E-state index contributed by atoms with van der Waals surface area (Å²) in [5, 5.41) is 3.66. The molecule has 10 heteroatoms. The number of rotatable bonds is 3. The Labute approximate surface area is 152 Å². The maximum atomic E-state index is 12.3. The molecule has 1 amide bonds. The molecule has 0 radical (unpaired) electrons. The van der Waals surface area contributed by atoms with E-state index in [1.54, 1.807) is 12.4 Å². The van der Waals surface area contributed by atoms with Crippen molar-refractivity contribution in [3.05, 3.63) is 24.3 Å². The second kappa shape index (κ2) is 6.36. The normalized spacial score (nSPS) is 17.8. The van der Waals surface area contributed by atoms with Crippen molar-refractivity contribution in [2.45, 2.75) is 19.5 Å². The summed E-state index contributed by atoms with van der Waals surface area (Å²) in [5.74, 6) is 0.278. The second-order valence-corrected chi connectivity index (χ2v) is 6.64. The highest BCUT2D eigenvalue weighted by atomic mass is 19.4. The lowest BCUT2D eigenvalue weighted by atomic mass is 10.1. The number of hydrogen-bond acceptors (Lipinski definition) is 5. The lowest BCUT2D eigenvalue weighted by Crippen LogP contribution is -2.38. The van der Waals surface area contributed by atoms with Gasteiger partial charge in [0.25, 0.3) is 0 Å². The van der Waals surface area contributed by atoms with E-state index in [1.165, 1.54) is 0 Å². The number of pyridine rings is 1. The van der Waals surface area contributed by atoms with Gasteiger partial charge in [0.05, 0.1) is 23.0 Å². The number of aryl methyl sites for hydroxylation is 1. The number of nitrogens with zero attached hydrogens (tertiary/aromatic N) is 4. The molecule has 0 aromatic carbocycles. The van der Waals surface area contributed by atoms with Crippen molar-refractivity contribution in [3.8, 4) is 0 Å². The van der Waals surface area contributed by atoms with E-state index < -0.39 is 24.5 Å². The summed E-state index contributed by atoms with van der Waals surface area (Å²) in [6.07, 6.45) is -0.593. The fourth-order valence-corrected chi connectivity index (χ4v) is 3.46. The van der Waals surface area contributed by atoms with Crippen LogP contribution >= 0.6 is 0 Å². The highest BCUT2D eigenvalue weighted by molar-refractivity contribution is 6.09. The molecule has 2 N–H and O–H groups in total. The number of carbonyl (C=O) groups is 1. The van der Waals surface area contributed by atoms with Crippen LogP contribution in [0, 0.1) is 12.8 Å². The number of hydrogen-bond donors (Lipinski definition) is 2. The average molecular weight is 378 g/mol. The van der Waals surface area contributed by atoms with Crippen molar-refractivity contribution in [1.82, 2.24) is 25.3 Å². The largest absolute Gasteiger partial charge is 0.405 e. The first kappa shape index (κ1) is 17.5. The monoisotopic (exact) mass is 378 g/mol. The number of amides is 1. The van der Waals surface area contributed by atoms with E-state index in [1.807, 2.05) is 23.2 Å². The molecule has 0 bridgehead atoms. The van der Waals surface area contributed by atoms with Crippen LogP contribution in [0.2, 0.25) is 0 Å². The van der Waals surface area contributed by atoms with Gasteiger partial charge >= 0.3 is 6.18 Å². The average Bonchev–Trinajstić information content (AvgIpc) is 3.27. The number of H-pyrrole nitrogens is 1. The minimum Gasteiger partial charge on any atom is -0.355 e. The van der Waals surface area contributed by atoms with Gasteiger partial charge < -0.3 is 15.2 Å².